The largest absolute Gasteiger partial charge is 0.386 e. The number of rotatable bonds is 6. The van der Waals surface area contributed by atoms with Crippen molar-refractivity contribution in [3.8, 4) is 10.4 Å². The van der Waals surface area contributed by atoms with Gasteiger partial charge >= 0.3 is 0 Å². The number of hydrogen-bond acceptors (Lipinski definition) is 6. The van der Waals surface area contributed by atoms with Gasteiger partial charge in [-0.3, -0.25) is 0 Å². The highest BCUT2D eigenvalue weighted by molar-refractivity contribution is 7.99. The molecule has 2 N–H and O–H groups in total. The Morgan fingerprint density at radius 1 is 1.22 bits per heavy atom. The number of aryl methyl sites for hydroxylation is 1. The second-order valence-electron chi connectivity index (χ2n) is 6.80. The number of aliphatic hydroxyl groups is 1. The van der Waals surface area contributed by atoms with E-state index < -0.39 is 0 Å². The highest BCUT2D eigenvalue weighted by atomic mass is 32.2. The van der Waals surface area contributed by atoms with Gasteiger partial charge in [0.1, 0.15) is 41.4 Å². The third-order valence-electron chi connectivity index (χ3n) is 4.66. The molecule has 1 aliphatic rings. The number of hydrogen-bond donors (Lipinski definition) is 2. The van der Waals surface area contributed by atoms with E-state index in [0.717, 1.165) is 53.9 Å². The number of nitrogens with zero attached hydrogens (tertiary/aromatic N) is 2. The Hall–Kier alpha value is -1.51. The van der Waals surface area contributed by atoms with E-state index in [-0.39, 0.29) is 6.10 Å². The van der Waals surface area contributed by atoms with Gasteiger partial charge in [0, 0.05) is 16.0 Å². The SMILES string of the molecule is Cc1nc(SC[C@H](O)C[NH+]2CCOCC2)c2cc(-c3ccccc3)sc2n1. The zero-order chi connectivity index (χ0) is 18.6. The van der Waals surface area contributed by atoms with Crippen molar-refractivity contribution in [3.63, 3.8) is 0 Å². The number of morpholine rings is 1. The fraction of sp³-hybridized carbons (Fsp3) is 0.400. The normalized spacial score (nSPS) is 16.7. The van der Waals surface area contributed by atoms with E-state index in [4.69, 9.17) is 4.74 Å². The fourth-order valence-corrected chi connectivity index (χ4v) is 5.41. The topological polar surface area (TPSA) is 59.7 Å². The Balaban J connectivity index is 1.50. The van der Waals surface area contributed by atoms with Gasteiger partial charge in [0.2, 0.25) is 0 Å². The molecule has 7 heteroatoms. The standard InChI is InChI=1S/C20H23N3O2S2/c1-14-21-19(26-13-16(24)12-23-7-9-25-10-8-23)17-11-18(27-20(17)22-14)15-5-3-2-4-6-15/h2-6,11,16,24H,7-10,12-13H2,1H3/p+1/t16-/m1/s1. The molecule has 0 bridgehead atoms. The number of quaternary nitrogens is 1. The summed E-state index contributed by atoms with van der Waals surface area (Å²) in [6.07, 6.45) is -0.347. The average molecular weight is 403 g/mol. The van der Waals surface area contributed by atoms with Gasteiger partial charge in [-0.25, -0.2) is 9.97 Å². The van der Waals surface area contributed by atoms with Crippen molar-refractivity contribution in [3.05, 3.63) is 42.2 Å². The summed E-state index contributed by atoms with van der Waals surface area (Å²) in [5.74, 6) is 1.42. The van der Waals surface area contributed by atoms with E-state index in [2.05, 4.69) is 40.3 Å². The summed E-state index contributed by atoms with van der Waals surface area (Å²) in [7, 11) is 0. The predicted octanol–water partition coefficient (Wildman–Crippen LogP) is 2.03. The lowest BCUT2D eigenvalue weighted by atomic mass is 10.2. The minimum Gasteiger partial charge on any atom is -0.386 e. The molecule has 1 aromatic carbocycles. The minimum atomic E-state index is -0.347. The predicted molar refractivity (Wildman–Crippen MR) is 111 cm³/mol. The molecule has 1 aliphatic heterocycles. The van der Waals surface area contributed by atoms with Crippen LogP contribution in [-0.2, 0) is 4.74 Å². The Labute approximate surface area is 167 Å². The number of nitrogens with one attached hydrogen (secondary N) is 1. The Morgan fingerprint density at radius 2 is 2.00 bits per heavy atom. The van der Waals surface area contributed by atoms with Crippen LogP contribution in [0.1, 0.15) is 5.82 Å². The Morgan fingerprint density at radius 3 is 2.78 bits per heavy atom. The second kappa shape index (κ2) is 8.67. The molecule has 0 radical (unpaired) electrons. The van der Waals surface area contributed by atoms with Crippen LogP contribution < -0.4 is 4.90 Å². The summed E-state index contributed by atoms with van der Waals surface area (Å²) in [6, 6.07) is 12.5. The molecule has 1 atom stereocenters. The first-order valence-electron chi connectivity index (χ1n) is 9.25. The number of ether oxygens (including phenoxy) is 1. The third kappa shape index (κ3) is 4.67. The second-order valence-corrected chi connectivity index (χ2v) is 8.84. The zero-order valence-electron chi connectivity index (χ0n) is 15.4. The van der Waals surface area contributed by atoms with Crippen LogP contribution in [0.15, 0.2) is 41.4 Å². The number of benzene rings is 1. The van der Waals surface area contributed by atoms with Gasteiger partial charge in [-0.05, 0) is 18.6 Å². The van der Waals surface area contributed by atoms with Crippen molar-refractivity contribution < 1.29 is 14.7 Å². The molecule has 0 spiro atoms. The maximum atomic E-state index is 10.5. The first-order valence-corrected chi connectivity index (χ1v) is 11.0. The molecule has 1 saturated heterocycles. The summed E-state index contributed by atoms with van der Waals surface area (Å²) >= 11 is 3.33. The molecule has 0 aliphatic carbocycles. The van der Waals surface area contributed by atoms with E-state index in [1.165, 1.54) is 15.3 Å². The van der Waals surface area contributed by atoms with Gasteiger partial charge in [-0.1, -0.05) is 30.3 Å². The van der Waals surface area contributed by atoms with E-state index in [1.807, 2.05) is 13.0 Å². The van der Waals surface area contributed by atoms with Crippen molar-refractivity contribution in [2.45, 2.75) is 18.1 Å². The first kappa shape index (κ1) is 18.8. The lowest BCUT2D eigenvalue weighted by Gasteiger charge is -2.25. The van der Waals surface area contributed by atoms with Crippen molar-refractivity contribution in [2.24, 2.45) is 0 Å². The molecule has 3 aromatic rings. The first-order chi connectivity index (χ1) is 13.2. The lowest BCUT2D eigenvalue weighted by Crippen LogP contribution is -3.15. The van der Waals surface area contributed by atoms with Crippen LogP contribution in [0.3, 0.4) is 0 Å². The van der Waals surface area contributed by atoms with E-state index in [1.54, 1.807) is 23.1 Å². The van der Waals surface area contributed by atoms with Gasteiger partial charge in [0.15, 0.2) is 0 Å². The fourth-order valence-electron chi connectivity index (χ4n) is 3.28. The quantitative estimate of drug-likeness (QED) is 0.488. The highest BCUT2D eigenvalue weighted by Gasteiger charge is 2.19. The summed E-state index contributed by atoms with van der Waals surface area (Å²) in [5, 5.41) is 12.5. The lowest BCUT2D eigenvalue weighted by molar-refractivity contribution is -0.910. The molecule has 2 aromatic heterocycles. The third-order valence-corrected chi connectivity index (χ3v) is 6.88. The average Bonchev–Trinajstić information content (AvgIpc) is 3.11. The van der Waals surface area contributed by atoms with Crippen molar-refractivity contribution >= 4 is 33.3 Å². The summed E-state index contributed by atoms with van der Waals surface area (Å²) in [6.45, 7) is 6.23. The Bertz CT molecular complexity index is 895. The summed E-state index contributed by atoms with van der Waals surface area (Å²) < 4.78 is 5.39. The molecule has 1 fully saturated rings. The molecule has 0 unspecified atom stereocenters. The van der Waals surface area contributed by atoms with Gasteiger partial charge in [-0.15, -0.1) is 23.1 Å². The van der Waals surface area contributed by atoms with Crippen LogP contribution in [0.25, 0.3) is 20.7 Å². The van der Waals surface area contributed by atoms with Crippen LogP contribution >= 0.6 is 23.1 Å². The van der Waals surface area contributed by atoms with Gasteiger partial charge in [0.05, 0.1) is 13.2 Å². The highest BCUT2D eigenvalue weighted by Crippen LogP contribution is 2.36. The molecule has 0 saturated carbocycles. The van der Waals surface area contributed by atoms with Crippen LogP contribution in [-0.4, -0.2) is 59.8 Å². The zero-order valence-corrected chi connectivity index (χ0v) is 17.0. The van der Waals surface area contributed by atoms with E-state index in [9.17, 15) is 5.11 Å². The van der Waals surface area contributed by atoms with Gasteiger partial charge in [0.25, 0.3) is 0 Å². The molecule has 0 amide bonds. The summed E-state index contributed by atoms with van der Waals surface area (Å²) in [5.41, 5.74) is 1.20. The maximum Gasteiger partial charge on any atom is 0.128 e. The maximum absolute atomic E-state index is 10.5. The van der Waals surface area contributed by atoms with Gasteiger partial charge < -0.3 is 14.7 Å². The monoisotopic (exact) mass is 402 g/mol. The molecule has 4 rings (SSSR count). The Kier molecular flexibility index (Phi) is 6.04. The van der Waals surface area contributed by atoms with Crippen LogP contribution in [0.4, 0.5) is 0 Å². The number of fused-ring (bicyclic) bond motifs is 1. The van der Waals surface area contributed by atoms with Crippen LogP contribution in [0.5, 0.6) is 0 Å². The number of thioether (sulfide) groups is 1. The number of aromatic nitrogens is 2. The van der Waals surface area contributed by atoms with Crippen molar-refractivity contribution in [1.82, 2.24) is 9.97 Å². The molecule has 3 heterocycles. The number of thiophene rings is 1. The minimum absolute atomic E-state index is 0.347. The van der Waals surface area contributed by atoms with E-state index in [0.29, 0.717) is 5.75 Å². The molecule has 5 nitrogen and oxygen atoms in total. The van der Waals surface area contributed by atoms with E-state index >= 15 is 0 Å². The smallest absolute Gasteiger partial charge is 0.128 e. The van der Waals surface area contributed by atoms with Crippen LogP contribution in [0, 0.1) is 6.92 Å². The molecule has 27 heavy (non-hydrogen) atoms. The molecular weight excluding hydrogens is 378 g/mol. The van der Waals surface area contributed by atoms with Crippen molar-refractivity contribution in [2.75, 3.05) is 38.6 Å². The van der Waals surface area contributed by atoms with Crippen molar-refractivity contribution in [1.29, 1.82) is 0 Å². The number of aliphatic hydroxyl groups excluding tert-OH is 1. The molecular formula is C20H24N3O2S2+. The van der Waals surface area contributed by atoms with Crippen LogP contribution in [0.2, 0.25) is 0 Å². The summed E-state index contributed by atoms with van der Waals surface area (Å²) in [4.78, 5) is 12.9. The molecule has 142 valence electrons. The van der Waals surface area contributed by atoms with Gasteiger partial charge in [-0.2, -0.15) is 0 Å².